The second kappa shape index (κ2) is 7.24. The summed E-state index contributed by atoms with van der Waals surface area (Å²) in [5.41, 5.74) is 1.72. The van der Waals surface area contributed by atoms with Crippen molar-refractivity contribution in [3.8, 4) is 0 Å². The lowest BCUT2D eigenvalue weighted by atomic mass is 10.1. The third-order valence-corrected chi connectivity index (χ3v) is 5.25. The van der Waals surface area contributed by atoms with Crippen LogP contribution >= 0.6 is 11.6 Å². The van der Waals surface area contributed by atoms with Crippen molar-refractivity contribution >= 4 is 21.6 Å². The lowest BCUT2D eigenvalue weighted by Gasteiger charge is -2.18. The zero-order valence-electron chi connectivity index (χ0n) is 12.1. The van der Waals surface area contributed by atoms with E-state index in [9.17, 15) is 13.5 Å². The second-order valence-corrected chi connectivity index (χ2v) is 7.28. The van der Waals surface area contributed by atoms with E-state index in [1.165, 1.54) is 12.1 Å². The molecule has 2 N–H and O–H groups in total. The fraction of sp³-hybridized carbons (Fsp3) is 0.250. The number of nitrogens with one attached hydrogen (secondary N) is 1. The van der Waals surface area contributed by atoms with Gasteiger partial charge in [0.2, 0.25) is 10.0 Å². The second-order valence-electron chi connectivity index (χ2n) is 5.04. The van der Waals surface area contributed by atoms with Crippen LogP contribution in [-0.2, 0) is 10.0 Å². The number of hydrogen-bond donors (Lipinski definition) is 2. The van der Waals surface area contributed by atoms with Crippen molar-refractivity contribution < 1.29 is 13.5 Å². The molecule has 0 aromatic heterocycles. The molecule has 0 aliphatic rings. The number of halogens is 1. The summed E-state index contributed by atoms with van der Waals surface area (Å²) in [6.45, 7) is 1.73. The number of benzene rings is 2. The number of aliphatic hydroxyl groups excluding tert-OH is 1. The molecule has 0 unspecified atom stereocenters. The van der Waals surface area contributed by atoms with E-state index in [1.54, 1.807) is 24.3 Å². The van der Waals surface area contributed by atoms with Crippen molar-refractivity contribution in [1.29, 1.82) is 0 Å². The minimum atomic E-state index is -3.66. The van der Waals surface area contributed by atoms with Gasteiger partial charge in [-0.25, -0.2) is 13.1 Å². The molecule has 0 fully saturated rings. The molecule has 0 saturated heterocycles. The zero-order chi connectivity index (χ0) is 16.2. The average Bonchev–Trinajstić information content (AvgIpc) is 2.53. The van der Waals surface area contributed by atoms with Crippen LogP contribution in [0.3, 0.4) is 0 Å². The molecule has 0 bridgehead atoms. The highest BCUT2D eigenvalue weighted by Crippen LogP contribution is 2.24. The van der Waals surface area contributed by atoms with Crippen LogP contribution in [0.25, 0.3) is 0 Å². The van der Waals surface area contributed by atoms with Crippen molar-refractivity contribution in [1.82, 2.24) is 4.72 Å². The Hall–Kier alpha value is -1.40. The van der Waals surface area contributed by atoms with E-state index in [-0.39, 0.29) is 11.4 Å². The highest BCUT2D eigenvalue weighted by molar-refractivity contribution is 7.89. The first-order valence-corrected chi connectivity index (χ1v) is 8.75. The Morgan fingerprint density at radius 2 is 1.68 bits per heavy atom. The van der Waals surface area contributed by atoms with Crippen LogP contribution in [-0.4, -0.2) is 26.2 Å². The van der Waals surface area contributed by atoms with Crippen LogP contribution in [0.4, 0.5) is 0 Å². The van der Waals surface area contributed by atoms with Crippen molar-refractivity contribution in [2.24, 2.45) is 0 Å². The Morgan fingerprint density at radius 1 is 1.09 bits per heavy atom. The SMILES string of the molecule is Cc1ccc(S(=O)(=O)NC[C@H](O)[C@H](Cl)c2ccccc2)cc1. The van der Waals surface area contributed by atoms with Crippen molar-refractivity contribution in [2.45, 2.75) is 23.3 Å². The van der Waals surface area contributed by atoms with Gasteiger partial charge in [0.1, 0.15) is 0 Å². The van der Waals surface area contributed by atoms with Gasteiger partial charge < -0.3 is 5.11 Å². The molecule has 0 amide bonds. The van der Waals surface area contributed by atoms with Gasteiger partial charge in [0.25, 0.3) is 0 Å². The number of rotatable bonds is 6. The van der Waals surface area contributed by atoms with Gasteiger partial charge in [-0.3, -0.25) is 0 Å². The molecule has 0 spiro atoms. The molecule has 118 valence electrons. The van der Waals surface area contributed by atoms with Gasteiger partial charge >= 0.3 is 0 Å². The fourth-order valence-electron chi connectivity index (χ4n) is 1.96. The largest absolute Gasteiger partial charge is 0.390 e. The summed E-state index contributed by atoms with van der Waals surface area (Å²) in [6.07, 6.45) is -1.02. The Balaban J connectivity index is 2.01. The Bertz CT molecular complexity index is 702. The van der Waals surface area contributed by atoms with Crippen LogP contribution in [0.1, 0.15) is 16.5 Å². The Kier molecular flexibility index (Phi) is 5.58. The molecular weight excluding hydrogens is 322 g/mol. The van der Waals surface area contributed by atoms with Crippen molar-refractivity contribution in [3.63, 3.8) is 0 Å². The molecule has 22 heavy (non-hydrogen) atoms. The van der Waals surface area contributed by atoms with E-state index >= 15 is 0 Å². The molecule has 2 aromatic carbocycles. The average molecular weight is 340 g/mol. The highest BCUT2D eigenvalue weighted by atomic mass is 35.5. The summed E-state index contributed by atoms with van der Waals surface area (Å²) < 4.78 is 26.7. The molecule has 0 aliphatic carbocycles. The first-order valence-electron chi connectivity index (χ1n) is 6.83. The van der Waals surface area contributed by atoms with Crippen LogP contribution < -0.4 is 4.72 Å². The number of aryl methyl sites for hydroxylation is 1. The van der Waals surface area contributed by atoms with Crippen molar-refractivity contribution in [2.75, 3.05) is 6.54 Å². The summed E-state index contributed by atoms with van der Waals surface area (Å²) in [7, 11) is -3.66. The first-order chi connectivity index (χ1) is 10.4. The zero-order valence-corrected chi connectivity index (χ0v) is 13.7. The Morgan fingerprint density at radius 3 is 2.27 bits per heavy atom. The van der Waals surface area contributed by atoms with Gasteiger partial charge in [0.05, 0.1) is 16.4 Å². The van der Waals surface area contributed by atoms with Gasteiger partial charge in [0.15, 0.2) is 0 Å². The Labute approximate surface area is 135 Å². The van der Waals surface area contributed by atoms with Crippen LogP contribution in [0.15, 0.2) is 59.5 Å². The normalized spacial score (nSPS) is 14.5. The molecule has 2 aromatic rings. The molecule has 4 nitrogen and oxygen atoms in total. The van der Waals surface area contributed by atoms with Crippen molar-refractivity contribution in [3.05, 3.63) is 65.7 Å². The third kappa shape index (κ3) is 4.30. The van der Waals surface area contributed by atoms with Crippen LogP contribution in [0.5, 0.6) is 0 Å². The topological polar surface area (TPSA) is 66.4 Å². The highest BCUT2D eigenvalue weighted by Gasteiger charge is 2.21. The number of alkyl halides is 1. The quantitative estimate of drug-likeness (QED) is 0.795. The fourth-order valence-corrected chi connectivity index (χ4v) is 3.24. The summed E-state index contributed by atoms with van der Waals surface area (Å²) in [5.74, 6) is 0. The minimum absolute atomic E-state index is 0.154. The summed E-state index contributed by atoms with van der Waals surface area (Å²) >= 11 is 6.17. The summed E-state index contributed by atoms with van der Waals surface area (Å²) in [4.78, 5) is 0.163. The maximum absolute atomic E-state index is 12.1. The van der Waals surface area contributed by atoms with Gasteiger partial charge in [-0.2, -0.15) is 0 Å². The standard InChI is InChI=1S/C16H18ClNO3S/c1-12-7-9-14(10-8-12)22(20,21)18-11-15(19)16(17)13-5-3-2-4-6-13/h2-10,15-16,18-19H,11H2,1H3/t15-,16+/m0/s1. The van der Waals surface area contributed by atoms with E-state index in [0.717, 1.165) is 11.1 Å². The van der Waals surface area contributed by atoms with E-state index in [0.29, 0.717) is 0 Å². The van der Waals surface area contributed by atoms with Crippen LogP contribution in [0.2, 0.25) is 0 Å². The molecule has 2 rings (SSSR count). The lowest BCUT2D eigenvalue weighted by Crippen LogP contribution is -2.34. The maximum atomic E-state index is 12.1. The van der Waals surface area contributed by atoms with Crippen LogP contribution in [0, 0.1) is 6.92 Å². The number of sulfonamides is 1. The van der Waals surface area contributed by atoms with E-state index in [4.69, 9.17) is 11.6 Å². The summed E-state index contributed by atoms with van der Waals surface area (Å²) in [6, 6.07) is 15.5. The summed E-state index contributed by atoms with van der Waals surface area (Å²) in [5, 5.41) is 9.39. The van der Waals surface area contributed by atoms with Gasteiger partial charge in [-0.1, -0.05) is 48.0 Å². The smallest absolute Gasteiger partial charge is 0.240 e. The maximum Gasteiger partial charge on any atom is 0.240 e. The van der Waals surface area contributed by atoms with E-state index < -0.39 is 21.5 Å². The molecular formula is C16H18ClNO3S. The number of hydrogen-bond acceptors (Lipinski definition) is 3. The molecule has 0 aliphatic heterocycles. The van der Waals surface area contributed by atoms with Gasteiger partial charge in [-0.15, -0.1) is 11.6 Å². The molecule has 0 radical (unpaired) electrons. The van der Waals surface area contributed by atoms with Gasteiger partial charge in [0, 0.05) is 6.54 Å². The first kappa shape index (κ1) is 17.0. The van der Waals surface area contributed by atoms with Gasteiger partial charge in [-0.05, 0) is 24.6 Å². The monoisotopic (exact) mass is 339 g/mol. The van der Waals surface area contributed by atoms with E-state index in [2.05, 4.69) is 4.72 Å². The lowest BCUT2D eigenvalue weighted by molar-refractivity contribution is 0.173. The predicted molar refractivity (Wildman–Crippen MR) is 87.4 cm³/mol. The molecule has 6 heteroatoms. The molecule has 0 saturated carbocycles. The number of aliphatic hydroxyl groups is 1. The molecule has 0 heterocycles. The molecule has 2 atom stereocenters. The minimum Gasteiger partial charge on any atom is -0.390 e. The predicted octanol–water partition coefficient (Wildman–Crippen LogP) is 2.61. The van der Waals surface area contributed by atoms with E-state index in [1.807, 2.05) is 25.1 Å². The third-order valence-electron chi connectivity index (χ3n) is 3.27.